The molecule has 1 atom stereocenters. The number of fused-ring (bicyclic) bond motifs is 1. The Kier molecular flexibility index (Phi) is 8.11. The van der Waals surface area contributed by atoms with Gasteiger partial charge in [0.2, 0.25) is 5.91 Å². The van der Waals surface area contributed by atoms with Gasteiger partial charge in [-0.3, -0.25) is 19.9 Å². The van der Waals surface area contributed by atoms with E-state index in [1.807, 2.05) is 37.3 Å². The van der Waals surface area contributed by atoms with Crippen LogP contribution in [-0.2, 0) is 14.3 Å². The quantitative estimate of drug-likeness (QED) is 0.300. The van der Waals surface area contributed by atoms with Crippen molar-refractivity contribution in [1.29, 1.82) is 5.41 Å². The molecule has 1 aliphatic heterocycles. The predicted octanol–water partition coefficient (Wildman–Crippen LogP) is 3.89. The molecule has 5 N–H and O–H groups in total. The van der Waals surface area contributed by atoms with Crippen LogP contribution in [0.1, 0.15) is 25.0 Å². The smallest absolute Gasteiger partial charge is 0.414 e. The molecular weight excluding hydrogens is 464 g/mol. The van der Waals surface area contributed by atoms with Gasteiger partial charge in [-0.2, -0.15) is 0 Å². The van der Waals surface area contributed by atoms with Gasteiger partial charge < -0.3 is 25.6 Å². The Morgan fingerprint density at radius 2 is 1.78 bits per heavy atom. The topological polar surface area (TPSA) is 155 Å². The summed E-state index contributed by atoms with van der Waals surface area (Å²) in [4.78, 5) is 34.5. The highest BCUT2D eigenvalue weighted by Gasteiger charge is 2.33. The number of nitrogens with one attached hydrogen (secondary N) is 2. The van der Waals surface area contributed by atoms with E-state index in [4.69, 9.17) is 30.5 Å². The van der Waals surface area contributed by atoms with Crippen molar-refractivity contribution in [2.75, 3.05) is 23.4 Å². The number of carbonyl (C=O) groups excluding carboxylic acids is 2. The molecule has 2 amide bonds. The number of cyclic esters (lactones) is 1. The maximum atomic E-state index is 12.4. The fraction of sp³-hybridized carbons (Fsp3) is 0.231. The first-order valence-corrected chi connectivity index (χ1v) is 11.1. The molecule has 3 aromatic carbocycles. The van der Waals surface area contributed by atoms with Gasteiger partial charge in [-0.05, 0) is 42.8 Å². The van der Waals surface area contributed by atoms with Crippen molar-refractivity contribution in [3.05, 3.63) is 65.7 Å². The van der Waals surface area contributed by atoms with Crippen molar-refractivity contribution in [2.45, 2.75) is 26.9 Å². The lowest BCUT2D eigenvalue weighted by atomic mass is 10.0. The molecule has 1 heterocycles. The third-order valence-corrected chi connectivity index (χ3v) is 5.27. The molecule has 188 valence electrons. The van der Waals surface area contributed by atoms with Crippen molar-refractivity contribution in [1.82, 2.24) is 0 Å². The monoisotopic (exact) mass is 492 g/mol. The molecule has 3 aromatic rings. The summed E-state index contributed by atoms with van der Waals surface area (Å²) >= 11 is 0. The van der Waals surface area contributed by atoms with E-state index in [-0.39, 0.29) is 18.3 Å². The fourth-order valence-corrected chi connectivity index (χ4v) is 3.79. The Bertz CT molecular complexity index is 1300. The minimum Gasteiger partial charge on any atom is -0.489 e. The number of hydrogen-bond acceptors (Lipinski definition) is 6. The molecule has 0 aromatic heterocycles. The summed E-state index contributed by atoms with van der Waals surface area (Å²) in [5.74, 6) is -0.313. The van der Waals surface area contributed by atoms with Gasteiger partial charge in [0.15, 0.2) is 6.10 Å². The average Bonchev–Trinajstić information content (AvgIpc) is 3.18. The van der Waals surface area contributed by atoms with E-state index in [0.717, 1.165) is 28.9 Å². The minimum absolute atomic E-state index is 0.0288. The number of carbonyl (C=O) groups is 3. The van der Waals surface area contributed by atoms with E-state index in [1.165, 1.54) is 11.8 Å². The van der Waals surface area contributed by atoms with E-state index in [1.54, 1.807) is 24.3 Å². The zero-order valence-electron chi connectivity index (χ0n) is 20.2. The molecule has 1 saturated heterocycles. The maximum Gasteiger partial charge on any atom is 0.414 e. The normalized spacial score (nSPS) is 14.5. The highest BCUT2D eigenvalue weighted by Crippen LogP contribution is 2.35. The SMILES string of the molecule is CC(=O)Nc1cc(C)c(OCC2CN(c3ccc(C(=N)N)cc3)C(=O)O2)c2ccccc12.CC(=O)O. The lowest BCUT2D eigenvalue weighted by molar-refractivity contribution is -0.134. The zero-order chi connectivity index (χ0) is 26.4. The van der Waals surface area contributed by atoms with Crippen LogP contribution in [0.15, 0.2) is 54.6 Å². The van der Waals surface area contributed by atoms with E-state index in [9.17, 15) is 9.59 Å². The van der Waals surface area contributed by atoms with Gasteiger partial charge in [0.05, 0.1) is 6.54 Å². The van der Waals surface area contributed by atoms with Crippen molar-refractivity contribution in [3.63, 3.8) is 0 Å². The fourth-order valence-electron chi connectivity index (χ4n) is 3.79. The molecule has 0 radical (unpaired) electrons. The molecule has 1 fully saturated rings. The van der Waals surface area contributed by atoms with Crippen molar-refractivity contribution < 1.29 is 29.0 Å². The number of benzene rings is 3. The molecule has 0 saturated carbocycles. The summed E-state index contributed by atoms with van der Waals surface area (Å²) in [5, 5.41) is 19.5. The van der Waals surface area contributed by atoms with Crippen LogP contribution in [0.2, 0.25) is 0 Å². The number of amides is 2. The van der Waals surface area contributed by atoms with Crippen LogP contribution in [0.3, 0.4) is 0 Å². The molecule has 1 aliphatic rings. The first-order valence-electron chi connectivity index (χ1n) is 11.1. The molecule has 0 bridgehead atoms. The number of aryl methyl sites for hydroxylation is 1. The summed E-state index contributed by atoms with van der Waals surface area (Å²) in [6, 6.07) is 16.4. The van der Waals surface area contributed by atoms with Gasteiger partial charge in [0, 0.05) is 41.6 Å². The lowest BCUT2D eigenvalue weighted by Crippen LogP contribution is -2.26. The van der Waals surface area contributed by atoms with Crippen LogP contribution in [-0.4, -0.2) is 48.2 Å². The number of rotatable bonds is 6. The van der Waals surface area contributed by atoms with Gasteiger partial charge >= 0.3 is 6.09 Å². The second-order valence-electron chi connectivity index (χ2n) is 8.20. The largest absolute Gasteiger partial charge is 0.489 e. The number of nitrogens with zero attached hydrogens (tertiary/aromatic N) is 1. The molecule has 0 aliphatic carbocycles. The summed E-state index contributed by atoms with van der Waals surface area (Å²) in [5.41, 5.74) is 8.34. The van der Waals surface area contributed by atoms with E-state index < -0.39 is 18.2 Å². The lowest BCUT2D eigenvalue weighted by Gasteiger charge is -2.17. The van der Waals surface area contributed by atoms with Crippen LogP contribution < -0.4 is 20.7 Å². The van der Waals surface area contributed by atoms with Crippen LogP contribution in [0, 0.1) is 12.3 Å². The molecule has 0 spiro atoms. The number of aliphatic carboxylic acids is 1. The minimum atomic E-state index is -0.833. The van der Waals surface area contributed by atoms with Crippen LogP contribution in [0.5, 0.6) is 5.75 Å². The van der Waals surface area contributed by atoms with Crippen molar-refractivity contribution >= 4 is 46.0 Å². The summed E-state index contributed by atoms with van der Waals surface area (Å²) in [6.45, 7) is 5.01. The summed E-state index contributed by atoms with van der Waals surface area (Å²) < 4.78 is 11.6. The molecule has 4 rings (SSSR count). The standard InChI is InChI=1S/C24H24N4O4.C2H4O2/c1-14-11-21(27-15(2)29)19-5-3-4-6-20(19)22(14)31-13-18-12-28(24(30)32-18)17-9-7-16(8-10-17)23(25)26;1-2(3)4/h3-11,18H,12-13H2,1-2H3,(H3,25,26)(H,27,29);1H3,(H,3,4). The van der Waals surface area contributed by atoms with E-state index in [0.29, 0.717) is 23.5 Å². The number of nitrogen functional groups attached to an aromatic ring is 1. The number of hydrogen-bond donors (Lipinski definition) is 4. The van der Waals surface area contributed by atoms with Gasteiger partial charge in [-0.15, -0.1) is 0 Å². The van der Waals surface area contributed by atoms with E-state index in [2.05, 4.69) is 5.32 Å². The average molecular weight is 493 g/mol. The molecule has 1 unspecified atom stereocenters. The highest BCUT2D eigenvalue weighted by atomic mass is 16.6. The number of anilines is 2. The van der Waals surface area contributed by atoms with Crippen molar-refractivity contribution in [2.24, 2.45) is 5.73 Å². The zero-order valence-corrected chi connectivity index (χ0v) is 20.2. The second-order valence-corrected chi connectivity index (χ2v) is 8.20. The first kappa shape index (κ1) is 26.0. The first-order chi connectivity index (χ1) is 17.1. The molecule has 36 heavy (non-hydrogen) atoms. The number of ether oxygens (including phenoxy) is 2. The Labute approximate surface area is 208 Å². The Morgan fingerprint density at radius 1 is 1.17 bits per heavy atom. The van der Waals surface area contributed by atoms with E-state index >= 15 is 0 Å². The van der Waals surface area contributed by atoms with Crippen LogP contribution in [0.25, 0.3) is 10.8 Å². The highest BCUT2D eigenvalue weighted by molar-refractivity contribution is 6.04. The molecule has 10 heteroatoms. The summed E-state index contributed by atoms with van der Waals surface area (Å²) in [6.07, 6.45) is -0.889. The number of amidine groups is 1. The maximum absolute atomic E-state index is 12.4. The van der Waals surface area contributed by atoms with Gasteiger partial charge in [-0.25, -0.2) is 4.79 Å². The number of nitrogens with two attached hydrogens (primary N) is 1. The van der Waals surface area contributed by atoms with Crippen LogP contribution >= 0.6 is 0 Å². The Balaban J connectivity index is 0.000000840. The van der Waals surface area contributed by atoms with Crippen molar-refractivity contribution in [3.8, 4) is 5.75 Å². The number of carboxylic acid groups (broad SMARTS) is 1. The Morgan fingerprint density at radius 3 is 2.36 bits per heavy atom. The van der Waals surface area contributed by atoms with Gasteiger partial charge in [-0.1, -0.05) is 24.3 Å². The van der Waals surface area contributed by atoms with Crippen LogP contribution in [0.4, 0.5) is 16.2 Å². The molecule has 10 nitrogen and oxygen atoms in total. The molecular formula is C26H28N4O6. The van der Waals surface area contributed by atoms with Gasteiger partial charge in [0.1, 0.15) is 18.2 Å². The third kappa shape index (κ3) is 6.29. The number of carboxylic acids is 1. The third-order valence-electron chi connectivity index (χ3n) is 5.27. The Hall–Kier alpha value is -4.60. The summed E-state index contributed by atoms with van der Waals surface area (Å²) in [7, 11) is 0. The van der Waals surface area contributed by atoms with Gasteiger partial charge in [0.25, 0.3) is 5.97 Å². The predicted molar refractivity (Wildman–Crippen MR) is 137 cm³/mol. The second kappa shape index (κ2) is 11.2.